The minimum Gasteiger partial charge on any atom is -0.342 e. The van der Waals surface area contributed by atoms with Crippen LogP contribution >= 0.6 is 27.3 Å². The molecular formula is C19H18BrN5OS. The minimum atomic E-state index is -0.517. The van der Waals surface area contributed by atoms with Gasteiger partial charge in [-0.15, -0.1) is 21.5 Å². The Kier molecular flexibility index (Phi) is 4.69. The third-order valence-corrected chi connectivity index (χ3v) is 6.62. The number of halogens is 1. The summed E-state index contributed by atoms with van der Waals surface area (Å²) >= 11 is 5.18. The van der Waals surface area contributed by atoms with Crippen LogP contribution in [0.4, 0.5) is 0 Å². The number of hydrogen-bond acceptors (Lipinski definition) is 5. The Labute approximate surface area is 169 Å². The summed E-state index contributed by atoms with van der Waals surface area (Å²) in [5.41, 5.74) is 1.98. The number of hydrogen-bond donors (Lipinski definition) is 2. The lowest BCUT2D eigenvalue weighted by Crippen LogP contribution is -2.47. The van der Waals surface area contributed by atoms with Gasteiger partial charge in [-0.2, -0.15) is 5.21 Å². The van der Waals surface area contributed by atoms with Crippen LogP contribution in [0.2, 0.25) is 0 Å². The molecule has 0 spiro atoms. The van der Waals surface area contributed by atoms with E-state index in [2.05, 4.69) is 67.9 Å². The molecule has 2 N–H and O–H groups in total. The number of aryl methyl sites for hydroxylation is 1. The highest BCUT2D eigenvalue weighted by atomic mass is 79.9. The van der Waals surface area contributed by atoms with Crippen LogP contribution < -0.4 is 5.32 Å². The van der Waals surface area contributed by atoms with Crippen LogP contribution in [0.1, 0.15) is 41.4 Å². The third-order valence-electron chi connectivity index (χ3n) is 4.81. The lowest BCUT2D eigenvalue weighted by atomic mass is 9.80. The molecule has 0 bridgehead atoms. The van der Waals surface area contributed by atoms with Crippen molar-refractivity contribution in [2.75, 3.05) is 0 Å². The number of aromatic amines is 1. The van der Waals surface area contributed by atoms with Gasteiger partial charge in [-0.25, -0.2) is 0 Å². The molecule has 2 aromatic heterocycles. The molecule has 1 aliphatic heterocycles. The van der Waals surface area contributed by atoms with Crippen LogP contribution in [0, 0.1) is 0 Å². The molecule has 27 heavy (non-hydrogen) atoms. The first kappa shape index (κ1) is 18.1. The predicted octanol–water partition coefficient (Wildman–Crippen LogP) is 3.93. The van der Waals surface area contributed by atoms with Crippen LogP contribution in [0.15, 0.2) is 40.9 Å². The number of amides is 1. The van der Waals surface area contributed by atoms with Crippen molar-refractivity contribution in [2.24, 2.45) is 0 Å². The summed E-state index contributed by atoms with van der Waals surface area (Å²) in [7, 11) is 0. The Hall–Kier alpha value is -2.32. The number of carbonyl (C=O) groups excluding carboxylic acids is 1. The zero-order valence-electron chi connectivity index (χ0n) is 14.9. The Bertz CT molecular complexity index is 1010. The van der Waals surface area contributed by atoms with E-state index >= 15 is 0 Å². The standard InChI is InChI=1S/C19H18BrN5OS/c1-3-13-8-9-15(27-13)14-10-19(2,11-4-6-12(20)7-5-11)21-18(26)16(14)17-22-24-25-23-17/h4-9H,3,10H2,1-2H3,(H,21,26)(H,22,23,24,25)/t19-/m0/s1. The Morgan fingerprint density at radius 3 is 2.63 bits per heavy atom. The lowest BCUT2D eigenvalue weighted by Gasteiger charge is -2.37. The average molecular weight is 444 g/mol. The topological polar surface area (TPSA) is 83.6 Å². The summed E-state index contributed by atoms with van der Waals surface area (Å²) in [6.45, 7) is 4.18. The quantitative estimate of drug-likeness (QED) is 0.639. The molecule has 0 saturated heterocycles. The highest BCUT2D eigenvalue weighted by Gasteiger charge is 2.39. The molecule has 0 aliphatic carbocycles. The molecule has 6 nitrogen and oxygen atoms in total. The van der Waals surface area contributed by atoms with Crippen LogP contribution in [0.5, 0.6) is 0 Å². The molecule has 3 aromatic rings. The summed E-state index contributed by atoms with van der Waals surface area (Å²) < 4.78 is 1.01. The maximum atomic E-state index is 13.1. The van der Waals surface area contributed by atoms with E-state index < -0.39 is 5.54 Å². The Morgan fingerprint density at radius 1 is 1.22 bits per heavy atom. The summed E-state index contributed by atoms with van der Waals surface area (Å²) in [5.74, 6) is 0.140. The van der Waals surface area contributed by atoms with Gasteiger partial charge in [0.1, 0.15) is 0 Å². The number of aromatic nitrogens is 4. The van der Waals surface area contributed by atoms with Gasteiger partial charge in [0.15, 0.2) is 0 Å². The zero-order valence-corrected chi connectivity index (χ0v) is 17.3. The number of carbonyl (C=O) groups is 1. The molecule has 0 unspecified atom stereocenters. The molecule has 4 rings (SSSR count). The van der Waals surface area contributed by atoms with E-state index in [0.29, 0.717) is 17.8 Å². The highest BCUT2D eigenvalue weighted by Crippen LogP contribution is 2.42. The number of tetrazole rings is 1. The van der Waals surface area contributed by atoms with Gasteiger partial charge in [-0.1, -0.05) is 35.0 Å². The maximum Gasteiger partial charge on any atom is 0.256 e. The van der Waals surface area contributed by atoms with Gasteiger partial charge in [-0.05, 0) is 54.0 Å². The number of rotatable bonds is 4. The number of H-pyrrole nitrogens is 1. The number of benzene rings is 1. The summed E-state index contributed by atoms with van der Waals surface area (Å²) in [6.07, 6.45) is 1.61. The van der Waals surface area contributed by atoms with Gasteiger partial charge in [-0.3, -0.25) is 4.79 Å². The third kappa shape index (κ3) is 3.35. The van der Waals surface area contributed by atoms with E-state index in [0.717, 1.165) is 26.9 Å². The first-order valence-corrected chi connectivity index (χ1v) is 10.3. The van der Waals surface area contributed by atoms with E-state index in [-0.39, 0.29) is 5.91 Å². The molecule has 138 valence electrons. The smallest absolute Gasteiger partial charge is 0.256 e. The van der Waals surface area contributed by atoms with Gasteiger partial charge in [0, 0.05) is 20.6 Å². The maximum absolute atomic E-state index is 13.1. The average Bonchev–Trinajstić information content (AvgIpc) is 3.33. The van der Waals surface area contributed by atoms with Gasteiger partial charge in [0.25, 0.3) is 5.91 Å². The van der Waals surface area contributed by atoms with Crippen molar-refractivity contribution in [2.45, 2.75) is 32.2 Å². The summed E-state index contributed by atoms with van der Waals surface area (Å²) in [4.78, 5) is 15.5. The molecule has 1 aliphatic rings. The first-order chi connectivity index (χ1) is 13.0. The monoisotopic (exact) mass is 443 g/mol. The van der Waals surface area contributed by atoms with E-state index in [1.165, 1.54) is 4.88 Å². The van der Waals surface area contributed by atoms with E-state index in [1.807, 2.05) is 24.3 Å². The molecule has 1 amide bonds. The van der Waals surface area contributed by atoms with Crippen LogP contribution in [-0.2, 0) is 16.8 Å². The zero-order chi connectivity index (χ0) is 19.0. The molecule has 3 heterocycles. The van der Waals surface area contributed by atoms with Gasteiger partial charge < -0.3 is 5.32 Å². The van der Waals surface area contributed by atoms with Crippen LogP contribution in [0.3, 0.4) is 0 Å². The predicted molar refractivity (Wildman–Crippen MR) is 109 cm³/mol. The molecule has 0 fully saturated rings. The Balaban J connectivity index is 1.85. The van der Waals surface area contributed by atoms with Crippen molar-refractivity contribution in [3.05, 3.63) is 62.0 Å². The number of nitrogens with zero attached hydrogens (tertiary/aromatic N) is 3. The van der Waals surface area contributed by atoms with Crippen molar-refractivity contribution in [1.82, 2.24) is 25.9 Å². The van der Waals surface area contributed by atoms with E-state index in [1.54, 1.807) is 11.3 Å². The van der Waals surface area contributed by atoms with Gasteiger partial charge in [0.05, 0.1) is 11.1 Å². The SMILES string of the molecule is CCc1ccc(C2=C(c3nn[nH]n3)C(=O)N[C@](C)(c3ccc(Br)cc3)C2)s1. The minimum absolute atomic E-state index is 0.186. The number of thiophene rings is 1. The van der Waals surface area contributed by atoms with Crippen molar-refractivity contribution in [3.8, 4) is 0 Å². The number of nitrogens with one attached hydrogen (secondary N) is 2. The van der Waals surface area contributed by atoms with Gasteiger partial charge >= 0.3 is 0 Å². The van der Waals surface area contributed by atoms with Crippen molar-refractivity contribution in [3.63, 3.8) is 0 Å². The van der Waals surface area contributed by atoms with Crippen LogP contribution in [-0.4, -0.2) is 26.5 Å². The molecule has 0 radical (unpaired) electrons. The fourth-order valence-corrected chi connectivity index (χ4v) is 4.63. The van der Waals surface area contributed by atoms with E-state index in [9.17, 15) is 4.79 Å². The van der Waals surface area contributed by atoms with Crippen LogP contribution in [0.25, 0.3) is 11.1 Å². The normalized spacial score (nSPS) is 20.0. The fourth-order valence-electron chi connectivity index (χ4n) is 3.37. The Morgan fingerprint density at radius 2 is 2.00 bits per heavy atom. The second kappa shape index (κ2) is 7.01. The second-order valence-corrected chi connectivity index (χ2v) is 8.76. The van der Waals surface area contributed by atoms with E-state index in [4.69, 9.17) is 0 Å². The summed E-state index contributed by atoms with van der Waals surface area (Å²) in [6, 6.07) is 12.3. The van der Waals surface area contributed by atoms with Gasteiger partial charge in [0.2, 0.25) is 5.82 Å². The molecule has 1 atom stereocenters. The molecular weight excluding hydrogens is 426 g/mol. The fraction of sp³-hybridized carbons (Fsp3) is 0.263. The molecule has 1 aromatic carbocycles. The molecule has 0 saturated carbocycles. The first-order valence-electron chi connectivity index (χ1n) is 8.65. The highest BCUT2D eigenvalue weighted by molar-refractivity contribution is 9.10. The summed E-state index contributed by atoms with van der Waals surface area (Å²) in [5, 5.41) is 17.4. The molecule has 8 heteroatoms. The largest absolute Gasteiger partial charge is 0.342 e. The van der Waals surface area contributed by atoms with Crippen molar-refractivity contribution < 1.29 is 4.79 Å². The van der Waals surface area contributed by atoms with Crippen molar-refractivity contribution >= 4 is 44.3 Å². The van der Waals surface area contributed by atoms with Crippen molar-refractivity contribution in [1.29, 1.82) is 0 Å². The second-order valence-electron chi connectivity index (χ2n) is 6.68. The lowest BCUT2D eigenvalue weighted by molar-refractivity contribution is -0.117.